The van der Waals surface area contributed by atoms with Gasteiger partial charge in [0.15, 0.2) is 0 Å². The zero-order chi connectivity index (χ0) is 13.8. The van der Waals surface area contributed by atoms with Crippen LogP contribution in [0, 0.1) is 0 Å². The van der Waals surface area contributed by atoms with Crippen LogP contribution in [0.3, 0.4) is 0 Å². The zero-order valence-electron chi connectivity index (χ0n) is 12.5. The summed E-state index contributed by atoms with van der Waals surface area (Å²) in [6.07, 6.45) is 4.32. The van der Waals surface area contributed by atoms with Crippen molar-refractivity contribution >= 4 is 11.3 Å². The Morgan fingerprint density at radius 2 is 1.72 bits per heavy atom. The van der Waals surface area contributed by atoms with E-state index in [1.807, 2.05) is 11.3 Å². The van der Waals surface area contributed by atoms with Crippen molar-refractivity contribution < 1.29 is 0 Å². The highest BCUT2D eigenvalue weighted by atomic mass is 32.1. The van der Waals surface area contributed by atoms with E-state index in [9.17, 15) is 0 Å². The number of likely N-dealkylation sites (N-methyl/N-ethyl adjacent to an activating group) is 1. The van der Waals surface area contributed by atoms with Crippen molar-refractivity contribution in [2.24, 2.45) is 5.73 Å². The SMILES string of the molecule is CCc1ccc(CC(N)C(CC)(CC)N(C)C)s1. The molecular formula is C15H28N2S. The summed E-state index contributed by atoms with van der Waals surface area (Å²) in [5.74, 6) is 0. The van der Waals surface area contributed by atoms with Crippen LogP contribution in [-0.2, 0) is 12.8 Å². The normalized spacial score (nSPS) is 14.2. The van der Waals surface area contributed by atoms with Crippen LogP contribution in [0.2, 0.25) is 0 Å². The molecule has 0 fully saturated rings. The second kappa shape index (κ2) is 6.69. The number of nitrogens with zero attached hydrogens (tertiary/aromatic N) is 1. The first-order valence-electron chi connectivity index (χ1n) is 7.00. The molecule has 0 aliphatic heterocycles. The molecular weight excluding hydrogens is 240 g/mol. The average Bonchev–Trinajstić information content (AvgIpc) is 2.78. The Morgan fingerprint density at radius 3 is 2.11 bits per heavy atom. The molecule has 0 saturated carbocycles. The molecule has 3 heteroatoms. The summed E-state index contributed by atoms with van der Waals surface area (Å²) in [6.45, 7) is 6.70. The summed E-state index contributed by atoms with van der Waals surface area (Å²) >= 11 is 1.91. The second-order valence-electron chi connectivity index (χ2n) is 5.24. The van der Waals surface area contributed by atoms with Gasteiger partial charge in [0, 0.05) is 21.3 Å². The van der Waals surface area contributed by atoms with Gasteiger partial charge in [-0.05, 0) is 51.9 Å². The van der Waals surface area contributed by atoms with Gasteiger partial charge in [-0.25, -0.2) is 0 Å². The molecule has 1 aromatic rings. The lowest BCUT2D eigenvalue weighted by atomic mass is 9.82. The van der Waals surface area contributed by atoms with Gasteiger partial charge >= 0.3 is 0 Å². The van der Waals surface area contributed by atoms with Crippen LogP contribution in [0.15, 0.2) is 12.1 Å². The summed E-state index contributed by atoms with van der Waals surface area (Å²) in [7, 11) is 4.30. The molecule has 1 atom stereocenters. The summed E-state index contributed by atoms with van der Waals surface area (Å²) in [5.41, 5.74) is 6.64. The van der Waals surface area contributed by atoms with E-state index in [4.69, 9.17) is 5.73 Å². The molecule has 1 unspecified atom stereocenters. The average molecular weight is 268 g/mol. The molecule has 1 rings (SSSR count). The van der Waals surface area contributed by atoms with Gasteiger partial charge in [-0.1, -0.05) is 20.8 Å². The molecule has 2 N–H and O–H groups in total. The molecule has 2 nitrogen and oxygen atoms in total. The van der Waals surface area contributed by atoms with Crippen molar-refractivity contribution in [3.63, 3.8) is 0 Å². The molecule has 0 saturated heterocycles. The van der Waals surface area contributed by atoms with E-state index in [1.54, 1.807) is 0 Å². The van der Waals surface area contributed by atoms with Crippen LogP contribution in [0.1, 0.15) is 43.4 Å². The van der Waals surface area contributed by atoms with Crippen molar-refractivity contribution in [1.29, 1.82) is 0 Å². The minimum absolute atomic E-state index is 0.121. The summed E-state index contributed by atoms with van der Waals surface area (Å²) in [6, 6.07) is 4.68. The molecule has 1 aromatic heterocycles. The summed E-state index contributed by atoms with van der Waals surface area (Å²) in [4.78, 5) is 5.19. The van der Waals surface area contributed by atoms with Crippen molar-refractivity contribution in [3.05, 3.63) is 21.9 Å². The predicted octanol–water partition coefficient (Wildman–Crippen LogP) is 3.30. The van der Waals surface area contributed by atoms with Gasteiger partial charge in [-0.15, -0.1) is 11.3 Å². The maximum Gasteiger partial charge on any atom is 0.0352 e. The molecule has 18 heavy (non-hydrogen) atoms. The van der Waals surface area contributed by atoms with Crippen LogP contribution in [0.4, 0.5) is 0 Å². The minimum Gasteiger partial charge on any atom is -0.326 e. The highest BCUT2D eigenvalue weighted by molar-refractivity contribution is 7.11. The molecule has 104 valence electrons. The fourth-order valence-corrected chi connectivity index (χ4v) is 3.88. The quantitative estimate of drug-likeness (QED) is 0.822. The zero-order valence-corrected chi connectivity index (χ0v) is 13.3. The number of hydrogen-bond acceptors (Lipinski definition) is 3. The van der Waals surface area contributed by atoms with E-state index in [1.165, 1.54) is 9.75 Å². The molecule has 1 heterocycles. The van der Waals surface area contributed by atoms with E-state index in [2.05, 4.69) is 51.9 Å². The fraction of sp³-hybridized carbons (Fsp3) is 0.733. The number of hydrogen-bond donors (Lipinski definition) is 1. The summed E-state index contributed by atoms with van der Waals surface area (Å²) in [5, 5.41) is 0. The third-order valence-electron chi connectivity index (χ3n) is 4.29. The van der Waals surface area contributed by atoms with Crippen LogP contribution in [-0.4, -0.2) is 30.6 Å². The van der Waals surface area contributed by atoms with Gasteiger partial charge in [0.25, 0.3) is 0 Å². The number of nitrogens with two attached hydrogens (primary N) is 1. The van der Waals surface area contributed by atoms with E-state index in [-0.39, 0.29) is 11.6 Å². The first-order chi connectivity index (χ1) is 8.50. The Bertz CT molecular complexity index is 353. The molecule has 0 radical (unpaired) electrons. The lowest BCUT2D eigenvalue weighted by molar-refractivity contribution is 0.106. The molecule has 0 amide bonds. The Morgan fingerprint density at radius 1 is 1.17 bits per heavy atom. The third-order valence-corrected chi connectivity index (χ3v) is 5.54. The van der Waals surface area contributed by atoms with Gasteiger partial charge < -0.3 is 10.6 Å². The Balaban J connectivity index is 2.81. The Hall–Kier alpha value is -0.380. The summed E-state index contributed by atoms with van der Waals surface area (Å²) < 4.78 is 0. The van der Waals surface area contributed by atoms with Crippen LogP contribution in [0.5, 0.6) is 0 Å². The first-order valence-corrected chi connectivity index (χ1v) is 7.82. The van der Waals surface area contributed by atoms with E-state index >= 15 is 0 Å². The topological polar surface area (TPSA) is 29.3 Å². The highest BCUT2D eigenvalue weighted by Crippen LogP contribution is 2.28. The van der Waals surface area contributed by atoms with E-state index in [0.717, 1.165) is 25.7 Å². The maximum absolute atomic E-state index is 6.52. The standard InChI is InChI=1S/C15H28N2S/c1-6-12-9-10-13(18-12)11-14(16)15(7-2,8-3)17(4)5/h9-10,14H,6-8,11,16H2,1-5H3. The fourth-order valence-electron chi connectivity index (χ4n) is 2.87. The van der Waals surface area contributed by atoms with Crippen molar-refractivity contribution in [1.82, 2.24) is 4.90 Å². The largest absolute Gasteiger partial charge is 0.326 e. The van der Waals surface area contributed by atoms with Gasteiger partial charge in [-0.3, -0.25) is 0 Å². The smallest absolute Gasteiger partial charge is 0.0352 e. The van der Waals surface area contributed by atoms with E-state index in [0.29, 0.717) is 0 Å². The first kappa shape index (κ1) is 15.7. The monoisotopic (exact) mass is 268 g/mol. The Kier molecular flexibility index (Phi) is 5.83. The predicted molar refractivity (Wildman–Crippen MR) is 82.4 cm³/mol. The van der Waals surface area contributed by atoms with Crippen LogP contribution >= 0.6 is 11.3 Å². The molecule has 0 spiro atoms. The number of aryl methyl sites for hydroxylation is 1. The van der Waals surface area contributed by atoms with Gasteiger partial charge in [-0.2, -0.15) is 0 Å². The highest BCUT2D eigenvalue weighted by Gasteiger charge is 2.35. The van der Waals surface area contributed by atoms with Crippen molar-refractivity contribution in [3.8, 4) is 0 Å². The molecule has 0 bridgehead atoms. The molecule has 0 aliphatic rings. The van der Waals surface area contributed by atoms with E-state index < -0.39 is 0 Å². The van der Waals surface area contributed by atoms with Gasteiger partial charge in [0.2, 0.25) is 0 Å². The minimum atomic E-state index is 0.121. The van der Waals surface area contributed by atoms with Crippen LogP contribution < -0.4 is 5.73 Å². The van der Waals surface area contributed by atoms with Crippen molar-refractivity contribution in [2.45, 2.75) is 58.0 Å². The third kappa shape index (κ3) is 3.14. The lowest BCUT2D eigenvalue weighted by Crippen LogP contribution is -2.57. The van der Waals surface area contributed by atoms with Crippen LogP contribution in [0.25, 0.3) is 0 Å². The molecule has 0 aromatic carbocycles. The maximum atomic E-state index is 6.52. The second-order valence-corrected chi connectivity index (χ2v) is 6.49. The van der Waals surface area contributed by atoms with Crippen molar-refractivity contribution in [2.75, 3.05) is 14.1 Å². The lowest BCUT2D eigenvalue weighted by Gasteiger charge is -2.43. The Labute approximate surface area is 116 Å². The number of thiophene rings is 1. The number of rotatable bonds is 7. The van der Waals surface area contributed by atoms with Gasteiger partial charge in [0.1, 0.15) is 0 Å². The molecule has 0 aliphatic carbocycles. The van der Waals surface area contributed by atoms with Gasteiger partial charge in [0.05, 0.1) is 0 Å².